The summed E-state index contributed by atoms with van der Waals surface area (Å²) in [5.74, 6) is 0.709. The number of sulfone groups is 1. The summed E-state index contributed by atoms with van der Waals surface area (Å²) in [5.41, 5.74) is -3.58. The van der Waals surface area contributed by atoms with Crippen molar-refractivity contribution in [2.45, 2.75) is 11.9 Å². The van der Waals surface area contributed by atoms with Gasteiger partial charge in [-0.05, 0) is 23.8 Å². The molecule has 2 unspecified atom stereocenters. The van der Waals surface area contributed by atoms with Gasteiger partial charge in [-0.15, -0.1) is 0 Å². The van der Waals surface area contributed by atoms with Crippen LogP contribution in [0.2, 0.25) is 0 Å². The first kappa shape index (κ1) is 29.9. The zero-order valence-corrected chi connectivity index (χ0v) is 22.7. The molecule has 2 heterocycles. The number of imidazole rings is 1. The van der Waals surface area contributed by atoms with Gasteiger partial charge in [-0.2, -0.15) is 8.42 Å². The number of amides is 1. The summed E-state index contributed by atoms with van der Waals surface area (Å²) < 4.78 is 53.2. The molecule has 40 heavy (non-hydrogen) atoms. The SMILES string of the molecule is CN(C)C(=O)Cc1cc(OC2=C([N+](=O)[O-])C(C(C=S(=O)=O)C(=O)O)=NC(S(C)(=O)=O)N2N)cc(-c2ncc[nH]2)c1. The molecule has 0 fully saturated rings. The van der Waals surface area contributed by atoms with Crippen LogP contribution in [0.15, 0.2) is 47.2 Å². The van der Waals surface area contributed by atoms with E-state index >= 15 is 0 Å². The van der Waals surface area contributed by atoms with E-state index in [-0.39, 0.29) is 23.4 Å². The topological polar surface area (TPSA) is 249 Å². The van der Waals surface area contributed by atoms with Gasteiger partial charge in [0.1, 0.15) is 23.2 Å². The van der Waals surface area contributed by atoms with Gasteiger partial charge in [-0.25, -0.2) is 29.2 Å². The molecule has 0 saturated heterocycles. The number of carboxylic acid groups (broad SMARTS) is 1. The van der Waals surface area contributed by atoms with E-state index in [1.54, 1.807) is 6.07 Å². The van der Waals surface area contributed by atoms with Crippen molar-refractivity contribution in [1.29, 1.82) is 0 Å². The third-order valence-corrected chi connectivity index (χ3v) is 6.94. The number of carbonyl (C=O) groups is 2. The molecule has 0 radical (unpaired) electrons. The normalized spacial score (nSPS) is 16.1. The highest BCUT2D eigenvalue weighted by atomic mass is 32.2. The van der Waals surface area contributed by atoms with Crippen molar-refractivity contribution in [3.05, 3.63) is 57.9 Å². The fourth-order valence-corrected chi connectivity index (χ4v) is 4.83. The molecule has 214 valence electrons. The molecule has 3 rings (SSSR count). The van der Waals surface area contributed by atoms with Crippen molar-refractivity contribution < 1.29 is 41.2 Å². The number of H-pyrrole nitrogens is 1. The first-order valence-electron chi connectivity index (χ1n) is 11.0. The zero-order valence-electron chi connectivity index (χ0n) is 21.1. The molecule has 0 bridgehead atoms. The van der Waals surface area contributed by atoms with Crippen molar-refractivity contribution >= 4 is 43.1 Å². The minimum absolute atomic E-state index is 0.130. The summed E-state index contributed by atoms with van der Waals surface area (Å²) in [6.45, 7) is 0. The third kappa shape index (κ3) is 6.68. The maximum Gasteiger partial charge on any atom is 0.352 e. The number of ether oxygens (including phenoxy) is 1. The Morgan fingerprint density at radius 1 is 1.35 bits per heavy atom. The molecule has 4 N–H and O–H groups in total. The lowest BCUT2D eigenvalue weighted by Gasteiger charge is -2.30. The first-order valence-corrected chi connectivity index (χ1v) is 14.1. The number of hydrogen-bond acceptors (Lipinski definition) is 13. The summed E-state index contributed by atoms with van der Waals surface area (Å²) >= 11 is 0. The summed E-state index contributed by atoms with van der Waals surface area (Å²) in [4.78, 5) is 47.2. The van der Waals surface area contributed by atoms with Crippen LogP contribution in [-0.2, 0) is 36.1 Å². The van der Waals surface area contributed by atoms with Crippen molar-refractivity contribution in [2.24, 2.45) is 16.8 Å². The van der Waals surface area contributed by atoms with Gasteiger partial charge in [0.25, 0.3) is 5.88 Å². The molecular weight excluding hydrogens is 574 g/mol. The predicted octanol–water partition coefficient (Wildman–Crippen LogP) is -1.13. The van der Waals surface area contributed by atoms with Crippen LogP contribution in [0.5, 0.6) is 5.75 Å². The Morgan fingerprint density at radius 3 is 2.52 bits per heavy atom. The zero-order chi connectivity index (χ0) is 29.9. The van der Waals surface area contributed by atoms with Crippen LogP contribution >= 0.6 is 0 Å². The summed E-state index contributed by atoms with van der Waals surface area (Å²) in [6.07, 6.45) is 3.52. The van der Waals surface area contributed by atoms with Crippen LogP contribution < -0.4 is 10.6 Å². The Kier molecular flexibility index (Phi) is 8.71. The summed E-state index contributed by atoms with van der Waals surface area (Å²) in [7, 11) is -4.35. The van der Waals surface area contributed by atoms with Gasteiger partial charge < -0.3 is 19.7 Å². The van der Waals surface area contributed by atoms with E-state index in [1.807, 2.05) is 0 Å². The number of aliphatic carboxylic acids is 1. The van der Waals surface area contributed by atoms with Crippen molar-refractivity contribution in [1.82, 2.24) is 19.9 Å². The van der Waals surface area contributed by atoms with Gasteiger partial charge in [0, 0.05) is 38.3 Å². The lowest BCUT2D eigenvalue weighted by atomic mass is 10.0. The van der Waals surface area contributed by atoms with Gasteiger partial charge in [0.15, 0.2) is 9.84 Å². The summed E-state index contributed by atoms with van der Waals surface area (Å²) in [6, 6.07) is 4.29. The number of aliphatic imine (C=N–C) groups is 1. The fourth-order valence-electron chi connectivity index (χ4n) is 3.55. The van der Waals surface area contributed by atoms with E-state index in [4.69, 9.17) is 10.6 Å². The van der Waals surface area contributed by atoms with E-state index < -0.39 is 59.7 Å². The highest BCUT2D eigenvalue weighted by Crippen LogP contribution is 2.31. The largest absolute Gasteiger partial charge is 0.480 e. The van der Waals surface area contributed by atoms with Crippen LogP contribution in [0.4, 0.5) is 0 Å². The average molecular weight is 598 g/mol. The molecule has 1 aliphatic rings. The number of nitrogens with zero attached hydrogens (tertiary/aromatic N) is 5. The summed E-state index contributed by atoms with van der Waals surface area (Å²) in [5, 5.41) is 22.3. The number of allylic oxidation sites excluding steroid dienone is 1. The van der Waals surface area contributed by atoms with Crippen molar-refractivity contribution in [3.63, 3.8) is 0 Å². The van der Waals surface area contributed by atoms with E-state index in [1.165, 1.54) is 43.5 Å². The Hall–Kier alpha value is -4.62. The molecule has 2 aromatic rings. The molecule has 0 spiro atoms. The quantitative estimate of drug-likeness (QED) is 0.127. The molecule has 1 aromatic heterocycles. The second-order valence-corrected chi connectivity index (χ2v) is 11.4. The van der Waals surface area contributed by atoms with Crippen molar-refractivity contribution in [2.75, 3.05) is 20.4 Å². The Morgan fingerprint density at radius 2 is 2.02 bits per heavy atom. The van der Waals surface area contributed by atoms with E-state index in [9.17, 15) is 41.6 Å². The van der Waals surface area contributed by atoms with Gasteiger partial charge in [-0.1, -0.05) is 0 Å². The number of hydrazine groups is 1. The molecule has 0 saturated carbocycles. The number of benzene rings is 1. The smallest absolute Gasteiger partial charge is 0.352 e. The average Bonchev–Trinajstić information content (AvgIpc) is 3.37. The molecule has 17 nitrogen and oxygen atoms in total. The molecule has 1 aromatic carbocycles. The van der Waals surface area contributed by atoms with Crippen LogP contribution in [0.3, 0.4) is 0 Å². The molecule has 1 aliphatic heterocycles. The van der Waals surface area contributed by atoms with Crippen molar-refractivity contribution in [3.8, 4) is 17.1 Å². The number of nitro groups is 1. The predicted molar refractivity (Wildman–Crippen MR) is 139 cm³/mol. The monoisotopic (exact) mass is 597 g/mol. The number of aromatic amines is 1. The molecule has 0 aliphatic carbocycles. The van der Waals surface area contributed by atoms with E-state index in [2.05, 4.69) is 15.0 Å². The Balaban J connectivity index is 2.28. The van der Waals surface area contributed by atoms with Gasteiger partial charge in [-0.3, -0.25) is 19.7 Å². The van der Waals surface area contributed by atoms with Crippen LogP contribution in [0.1, 0.15) is 5.56 Å². The van der Waals surface area contributed by atoms with Crippen LogP contribution in [0.25, 0.3) is 11.4 Å². The number of likely N-dealkylation sites (N-methyl/N-ethyl adjacent to an activating group) is 1. The first-order chi connectivity index (χ1) is 18.6. The number of nitrogens with one attached hydrogen (secondary N) is 1. The second kappa shape index (κ2) is 11.6. The minimum atomic E-state index is -4.30. The Labute approximate surface area is 228 Å². The maximum absolute atomic E-state index is 12.5. The lowest BCUT2D eigenvalue weighted by molar-refractivity contribution is -0.419. The van der Waals surface area contributed by atoms with Gasteiger partial charge >= 0.3 is 11.7 Å². The standard InChI is InChI=1S/C21H23N7O10S2/c1-26(2)15(29)8-11-6-12(18-23-4-5-24-18)9-13(7-11)38-19-17(28(32)33)16(14(20(30)31)10-39(34)35)25-21(27(19)22)40(3,36)37/h4-7,9-10,14,21H,8,22H2,1-3H3,(H,23,24)(H,30,31). The lowest BCUT2D eigenvalue weighted by Crippen LogP contribution is -2.51. The van der Waals surface area contributed by atoms with Gasteiger partial charge in [0.2, 0.25) is 21.7 Å². The number of carbonyl (C=O) groups excluding carboxylic acids is 1. The maximum atomic E-state index is 12.5. The van der Waals surface area contributed by atoms with Crippen LogP contribution in [0, 0.1) is 16.0 Å². The molecule has 1 amide bonds. The number of aromatic nitrogens is 2. The molecule has 2 atom stereocenters. The fraction of sp³-hybridized carbons (Fsp3) is 0.286. The highest BCUT2D eigenvalue weighted by molar-refractivity contribution is 7.91. The molecule has 19 heteroatoms. The molecular formula is C21H23N7O10S2. The van der Waals surface area contributed by atoms with E-state index in [0.29, 0.717) is 28.2 Å². The van der Waals surface area contributed by atoms with Crippen LogP contribution in [-0.4, -0.2) is 95.5 Å². The second-order valence-electron chi connectivity index (χ2n) is 8.57. The Bertz CT molecular complexity index is 1650. The van der Waals surface area contributed by atoms with Gasteiger partial charge in [0.05, 0.1) is 16.7 Å². The highest BCUT2D eigenvalue weighted by Gasteiger charge is 2.46. The number of hydrogen-bond donors (Lipinski definition) is 3. The minimum Gasteiger partial charge on any atom is -0.480 e. The number of rotatable bonds is 10. The van der Waals surface area contributed by atoms with E-state index in [0.717, 1.165) is 0 Å². The third-order valence-electron chi connectivity index (χ3n) is 5.35. The number of carboxylic acids is 1. The number of nitrogens with two attached hydrogens (primary N) is 1.